The van der Waals surface area contributed by atoms with Crippen molar-refractivity contribution in [3.63, 3.8) is 0 Å². The number of benzene rings is 3. The molecule has 0 spiro atoms. The van der Waals surface area contributed by atoms with E-state index in [0.29, 0.717) is 16.8 Å². The molecule has 11 heteroatoms. The van der Waals surface area contributed by atoms with E-state index in [-0.39, 0.29) is 12.5 Å². The minimum Gasteiger partial charge on any atom is -0.497 e. The third-order valence-corrected chi connectivity index (χ3v) is 10.1. The summed E-state index contributed by atoms with van der Waals surface area (Å²) in [7, 11) is -4.88. The Labute approximate surface area is 266 Å². The molecule has 4 rings (SSSR count). The van der Waals surface area contributed by atoms with Crippen LogP contribution in [-0.4, -0.2) is 35.8 Å². The first kappa shape index (κ1) is 34.6. The van der Waals surface area contributed by atoms with Crippen molar-refractivity contribution < 1.29 is 34.9 Å². The Hall–Kier alpha value is -3.25. The number of ether oxygens (including phenoxy) is 1. The first-order valence-electron chi connectivity index (χ1n) is 15.3. The van der Waals surface area contributed by atoms with Crippen molar-refractivity contribution >= 4 is 30.8 Å². The summed E-state index contributed by atoms with van der Waals surface area (Å²) in [5.41, 5.74) is -1.88. The molecular formula is C34H40F3NO5SSi. The van der Waals surface area contributed by atoms with Gasteiger partial charge >= 0.3 is 15.6 Å². The molecule has 0 saturated carbocycles. The lowest BCUT2D eigenvalue weighted by atomic mass is 9.99. The number of hydrogen-bond donors (Lipinski definition) is 0. The largest absolute Gasteiger partial charge is 0.523 e. The molecule has 242 valence electrons. The molecule has 0 aliphatic heterocycles. The van der Waals surface area contributed by atoms with Gasteiger partial charge in [-0.2, -0.15) is 21.6 Å². The van der Waals surface area contributed by atoms with Crippen LogP contribution in [0.25, 0.3) is 10.9 Å². The fourth-order valence-electron chi connectivity index (χ4n) is 5.14. The normalized spacial score (nSPS) is 13.8. The van der Waals surface area contributed by atoms with Crippen LogP contribution in [0.2, 0.25) is 6.04 Å². The second-order valence-electron chi connectivity index (χ2n) is 11.0. The number of unbranched alkanes of at least 4 members (excludes halogenated alkanes) is 2. The molecule has 0 saturated heterocycles. The van der Waals surface area contributed by atoms with Gasteiger partial charge in [0.1, 0.15) is 11.9 Å². The molecule has 1 aromatic heterocycles. The van der Waals surface area contributed by atoms with Gasteiger partial charge < -0.3 is 9.16 Å². The first-order valence-corrected chi connectivity index (χ1v) is 18.3. The average molecular weight is 660 g/mol. The third kappa shape index (κ3) is 10.1. The molecule has 2 atom stereocenters. The van der Waals surface area contributed by atoms with Crippen molar-refractivity contribution in [2.45, 2.75) is 75.6 Å². The Balaban J connectivity index is 1.52. The Kier molecular flexibility index (Phi) is 12.6. The molecule has 0 bridgehead atoms. The second kappa shape index (κ2) is 16.3. The van der Waals surface area contributed by atoms with Gasteiger partial charge in [0, 0.05) is 17.5 Å². The molecule has 45 heavy (non-hydrogen) atoms. The highest BCUT2D eigenvalue weighted by Gasteiger charge is 2.48. The van der Waals surface area contributed by atoms with Gasteiger partial charge in [0.2, 0.25) is 0 Å². The molecule has 0 amide bonds. The van der Waals surface area contributed by atoms with E-state index in [9.17, 15) is 21.6 Å². The van der Waals surface area contributed by atoms with E-state index >= 15 is 0 Å². The van der Waals surface area contributed by atoms with E-state index in [1.807, 2.05) is 30.3 Å². The molecule has 0 fully saturated rings. The maximum atomic E-state index is 13.2. The number of methoxy groups -OCH3 is 1. The fourth-order valence-corrected chi connectivity index (χ4v) is 7.25. The summed E-state index contributed by atoms with van der Waals surface area (Å²) >= 11 is 0. The van der Waals surface area contributed by atoms with E-state index in [1.54, 1.807) is 31.4 Å². The summed E-state index contributed by atoms with van der Waals surface area (Å²) < 4.78 is 79.9. The summed E-state index contributed by atoms with van der Waals surface area (Å²) in [6.45, 7) is 2.17. The topological polar surface area (TPSA) is 74.7 Å². The van der Waals surface area contributed by atoms with Crippen molar-refractivity contribution in [1.82, 2.24) is 4.98 Å². The number of halogens is 3. The van der Waals surface area contributed by atoms with Crippen molar-refractivity contribution in [2.75, 3.05) is 7.11 Å². The highest BCUT2D eigenvalue weighted by molar-refractivity contribution is 7.87. The first-order chi connectivity index (χ1) is 21.6. The van der Waals surface area contributed by atoms with Gasteiger partial charge in [0.05, 0.1) is 18.7 Å². The molecule has 2 unspecified atom stereocenters. The SMILES string of the molecule is CCCC[SiH2]OC(CCCCc1ccc(OC)cc1)c1ccc2ccc(CC(OS(=O)(=O)C(F)(F)F)c3ccccc3)nc2c1. The van der Waals surface area contributed by atoms with E-state index < -0.39 is 31.5 Å². The number of nitrogens with zero attached hydrogens (tertiary/aromatic N) is 1. The number of alkyl halides is 3. The molecular weight excluding hydrogens is 620 g/mol. The Morgan fingerprint density at radius 1 is 0.867 bits per heavy atom. The quantitative estimate of drug-likeness (QED) is 0.0493. The highest BCUT2D eigenvalue weighted by Crippen LogP contribution is 2.33. The standard InChI is InChI=1S/C34H40F3NO5SSi/c1-3-4-22-45-43-32(13-9-8-10-25-14-20-30(41-2)21-15-25)28-17-16-26-18-19-29(38-31(26)23-28)24-33(27-11-6-5-7-12-27)42-44(39,40)34(35,36)37/h5-7,11-12,14-21,23,32-33H,3-4,8-10,13,22,24,45H2,1-2H3. The van der Waals surface area contributed by atoms with Crippen LogP contribution in [0.5, 0.6) is 5.75 Å². The summed E-state index contributed by atoms with van der Waals surface area (Å²) in [4.78, 5) is 4.73. The van der Waals surface area contributed by atoms with Gasteiger partial charge in [-0.1, -0.05) is 86.8 Å². The second-order valence-corrected chi connectivity index (χ2v) is 14.0. The van der Waals surface area contributed by atoms with Gasteiger partial charge in [-0.25, -0.2) is 0 Å². The average Bonchev–Trinajstić information content (AvgIpc) is 3.03. The summed E-state index contributed by atoms with van der Waals surface area (Å²) in [6.07, 6.45) is 4.47. The van der Waals surface area contributed by atoms with Crippen LogP contribution in [0.1, 0.15) is 73.6 Å². The van der Waals surface area contributed by atoms with E-state index in [2.05, 4.69) is 25.1 Å². The Morgan fingerprint density at radius 3 is 2.29 bits per heavy atom. The maximum Gasteiger partial charge on any atom is 0.523 e. The Bertz CT molecular complexity index is 1600. The van der Waals surface area contributed by atoms with Crippen LogP contribution >= 0.6 is 0 Å². The van der Waals surface area contributed by atoms with Gasteiger partial charge in [-0.3, -0.25) is 9.17 Å². The molecule has 0 N–H and O–H groups in total. The smallest absolute Gasteiger partial charge is 0.497 e. The zero-order valence-corrected chi connectivity index (χ0v) is 27.9. The number of pyridine rings is 1. The van der Waals surface area contributed by atoms with E-state index in [4.69, 9.17) is 18.3 Å². The van der Waals surface area contributed by atoms with Crippen LogP contribution < -0.4 is 4.74 Å². The molecule has 0 aliphatic rings. The van der Waals surface area contributed by atoms with Crippen LogP contribution in [0.4, 0.5) is 13.2 Å². The van der Waals surface area contributed by atoms with Crippen LogP contribution in [0.3, 0.4) is 0 Å². The predicted octanol–water partition coefficient (Wildman–Crippen LogP) is 8.17. The van der Waals surface area contributed by atoms with E-state index in [1.165, 1.54) is 17.7 Å². The molecule has 1 heterocycles. The number of aromatic nitrogens is 1. The highest BCUT2D eigenvalue weighted by atomic mass is 32.2. The van der Waals surface area contributed by atoms with Gasteiger partial charge in [-0.15, -0.1) is 0 Å². The Morgan fingerprint density at radius 2 is 1.60 bits per heavy atom. The number of aryl methyl sites for hydroxylation is 1. The van der Waals surface area contributed by atoms with Crippen molar-refractivity contribution in [3.05, 3.63) is 107 Å². The van der Waals surface area contributed by atoms with Crippen LogP contribution in [0.15, 0.2) is 84.9 Å². The van der Waals surface area contributed by atoms with E-state index in [0.717, 1.165) is 61.3 Å². The maximum absolute atomic E-state index is 13.2. The van der Waals surface area contributed by atoms with Gasteiger partial charge in [0.25, 0.3) is 0 Å². The molecule has 0 radical (unpaired) electrons. The summed E-state index contributed by atoms with van der Waals surface area (Å²) in [6, 6.07) is 26.8. The molecule has 3 aromatic carbocycles. The number of rotatable bonds is 17. The van der Waals surface area contributed by atoms with Gasteiger partial charge in [-0.05, 0) is 66.3 Å². The minimum atomic E-state index is -5.82. The summed E-state index contributed by atoms with van der Waals surface area (Å²) in [5.74, 6) is 0.840. The zero-order valence-electron chi connectivity index (χ0n) is 25.6. The van der Waals surface area contributed by atoms with Crippen LogP contribution in [0, 0.1) is 0 Å². The lowest BCUT2D eigenvalue weighted by Crippen LogP contribution is -2.28. The minimum absolute atomic E-state index is 0.0726. The van der Waals surface area contributed by atoms with Gasteiger partial charge in [0.15, 0.2) is 9.76 Å². The molecule has 0 aliphatic carbocycles. The molecule has 6 nitrogen and oxygen atoms in total. The predicted molar refractivity (Wildman–Crippen MR) is 173 cm³/mol. The third-order valence-electron chi connectivity index (χ3n) is 7.65. The van der Waals surface area contributed by atoms with Crippen molar-refractivity contribution in [3.8, 4) is 5.75 Å². The zero-order chi connectivity index (χ0) is 32.3. The molecule has 4 aromatic rings. The van der Waals surface area contributed by atoms with Crippen LogP contribution in [-0.2, 0) is 31.6 Å². The number of fused-ring (bicyclic) bond motifs is 1. The lowest BCUT2D eigenvalue weighted by Gasteiger charge is -2.20. The number of hydrogen-bond acceptors (Lipinski definition) is 6. The fraction of sp³-hybridized carbons (Fsp3) is 0.382. The lowest BCUT2D eigenvalue weighted by molar-refractivity contribution is -0.0575. The van der Waals surface area contributed by atoms with Crippen molar-refractivity contribution in [1.29, 1.82) is 0 Å². The van der Waals surface area contributed by atoms with Crippen molar-refractivity contribution in [2.24, 2.45) is 0 Å². The monoisotopic (exact) mass is 659 g/mol. The summed E-state index contributed by atoms with van der Waals surface area (Å²) in [5, 5.41) is 0.865.